The van der Waals surface area contributed by atoms with E-state index >= 15 is 0 Å². The summed E-state index contributed by atoms with van der Waals surface area (Å²) in [5.74, 6) is 1.13. The number of methoxy groups -OCH3 is 1. The number of aryl methyl sites for hydroxylation is 1. The van der Waals surface area contributed by atoms with E-state index in [9.17, 15) is 4.79 Å². The van der Waals surface area contributed by atoms with Gasteiger partial charge in [-0.2, -0.15) is 0 Å². The average Bonchev–Trinajstić information content (AvgIpc) is 3.63. The Balaban J connectivity index is 1.31. The van der Waals surface area contributed by atoms with Gasteiger partial charge in [0, 0.05) is 41.8 Å². The molecular weight excluding hydrogens is 466 g/mol. The van der Waals surface area contributed by atoms with E-state index in [1.165, 1.54) is 30.8 Å². The molecule has 0 bridgehead atoms. The summed E-state index contributed by atoms with van der Waals surface area (Å²) >= 11 is 1.75. The van der Waals surface area contributed by atoms with E-state index in [4.69, 9.17) is 4.74 Å². The van der Waals surface area contributed by atoms with Crippen molar-refractivity contribution in [2.75, 3.05) is 39.5 Å². The Kier molecular flexibility index (Phi) is 8.02. The second-order valence-electron chi connectivity index (χ2n) is 9.83. The Labute approximate surface area is 219 Å². The van der Waals surface area contributed by atoms with Crippen LogP contribution in [0, 0.1) is 0 Å². The van der Waals surface area contributed by atoms with Gasteiger partial charge in [-0.05, 0) is 118 Å². The van der Waals surface area contributed by atoms with Crippen molar-refractivity contribution in [3.63, 3.8) is 0 Å². The molecule has 2 aliphatic rings. The molecule has 2 aliphatic heterocycles. The molecule has 1 aromatic heterocycles. The molecule has 5 rings (SSSR count). The van der Waals surface area contributed by atoms with E-state index in [1.807, 2.05) is 12.1 Å². The normalized spacial score (nSPS) is 17.0. The fourth-order valence-corrected chi connectivity index (χ4v) is 6.09. The van der Waals surface area contributed by atoms with Crippen LogP contribution in [0.1, 0.15) is 37.8 Å². The van der Waals surface area contributed by atoms with Gasteiger partial charge in [-0.25, -0.2) is 0 Å². The topological polar surface area (TPSA) is 37.7 Å². The van der Waals surface area contributed by atoms with E-state index in [0.29, 0.717) is 12.5 Å². The minimum absolute atomic E-state index is 0.284. The van der Waals surface area contributed by atoms with Gasteiger partial charge < -0.3 is 19.1 Å². The Morgan fingerprint density at radius 2 is 1.61 bits per heavy atom. The maximum absolute atomic E-state index is 13.2. The molecule has 2 aromatic carbocycles. The first kappa shape index (κ1) is 25.0. The molecule has 5 nitrogen and oxygen atoms in total. The molecule has 2 saturated heterocycles. The molecule has 2 fully saturated rings. The summed E-state index contributed by atoms with van der Waals surface area (Å²) in [4.78, 5) is 19.1. The largest absolute Gasteiger partial charge is 0.497 e. The smallest absolute Gasteiger partial charge is 0.222 e. The molecule has 6 heteroatoms. The van der Waals surface area contributed by atoms with E-state index in [-0.39, 0.29) is 5.91 Å². The van der Waals surface area contributed by atoms with Crippen LogP contribution >= 0.6 is 11.8 Å². The molecule has 0 atom stereocenters. The van der Waals surface area contributed by atoms with Gasteiger partial charge in [-0.15, -0.1) is 11.8 Å². The average molecular weight is 504 g/mol. The van der Waals surface area contributed by atoms with Gasteiger partial charge in [0.1, 0.15) is 5.75 Å². The summed E-state index contributed by atoms with van der Waals surface area (Å²) in [6.07, 6.45) is 8.26. The highest BCUT2D eigenvalue weighted by atomic mass is 32.2. The van der Waals surface area contributed by atoms with Gasteiger partial charge in [-0.1, -0.05) is 0 Å². The first-order valence-electron chi connectivity index (χ1n) is 13.2. The summed E-state index contributed by atoms with van der Waals surface area (Å²) in [7, 11) is 1.69. The van der Waals surface area contributed by atoms with Gasteiger partial charge in [0.05, 0.1) is 12.8 Å². The zero-order chi connectivity index (χ0) is 24.9. The van der Waals surface area contributed by atoms with Crippen LogP contribution in [0.4, 0.5) is 0 Å². The second kappa shape index (κ2) is 11.6. The van der Waals surface area contributed by atoms with Crippen LogP contribution in [0.25, 0.3) is 16.9 Å². The molecule has 0 saturated carbocycles. The number of hydrogen-bond acceptors (Lipinski definition) is 4. The van der Waals surface area contributed by atoms with Crippen LogP contribution < -0.4 is 4.74 Å². The lowest BCUT2D eigenvalue weighted by molar-refractivity contribution is -0.132. The number of hydrogen-bond donors (Lipinski definition) is 0. The summed E-state index contributed by atoms with van der Waals surface area (Å²) < 4.78 is 7.66. The lowest BCUT2D eigenvalue weighted by atomic mass is 10.0. The second-order valence-corrected chi connectivity index (χ2v) is 10.7. The number of thioether (sulfide) groups is 1. The summed E-state index contributed by atoms with van der Waals surface area (Å²) in [5, 5.41) is 0. The number of benzene rings is 2. The molecule has 0 radical (unpaired) electrons. The van der Waals surface area contributed by atoms with Crippen molar-refractivity contribution in [2.24, 2.45) is 0 Å². The van der Waals surface area contributed by atoms with Crippen LogP contribution in [-0.2, 0) is 11.2 Å². The minimum Gasteiger partial charge on any atom is -0.497 e. The first-order valence-corrected chi connectivity index (χ1v) is 14.4. The highest BCUT2D eigenvalue weighted by Gasteiger charge is 2.28. The van der Waals surface area contributed by atoms with Crippen LogP contribution in [0.3, 0.4) is 0 Å². The third kappa shape index (κ3) is 5.50. The maximum atomic E-state index is 13.2. The fraction of sp³-hybridized carbons (Fsp3) is 0.433. The van der Waals surface area contributed by atoms with Crippen molar-refractivity contribution in [1.29, 1.82) is 0 Å². The summed E-state index contributed by atoms with van der Waals surface area (Å²) in [6.45, 7) is 4.27. The number of carbonyl (C=O) groups is 1. The number of likely N-dealkylation sites (tertiary alicyclic amines) is 2. The molecule has 3 aromatic rings. The molecule has 190 valence electrons. The Bertz CT molecular complexity index is 1140. The lowest BCUT2D eigenvalue weighted by Crippen LogP contribution is -2.46. The van der Waals surface area contributed by atoms with Crippen molar-refractivity contribution in [1.82, 2.24) is 14.4 Å². The summed E-state index contributed by atoms with van der Waals surface area (Å²) in [6, 6.07) is 21.9. The predicted molar refractivity (Wildman–Crippen MR) is 148 cm³/mol. The number of ether oxygens (including phenoxy) is 1. The fourth-order valence-electron chi connectivity index (χ4n) is 5.68. The number of carbonyl (C=O) groups excluding carboxylic acids is 1. The monoisotopic (exact) mass is 503 g/mol. The van der Waals surface area contributed by atoms with Gasteiger partial charge in [-0.3, -0.25) is 4.79 Å². The molecule has 0 aliphatic carbocycles. The molecule has 3 heterocycles. The number of nitrogens with zero attached hydrogens (tertiary/aromatic N) is 3. The number of aromatic nitrogens is 1. The van der Waals surface area contributed by atoms with Crippen molar-refractivity contribution < 1.29 is 9.53 Å². The highest BCUT2D eigenvalue weighted by Crippen LogP contribution is 2.30. The van der Waals surface area contributed by atoms with E-state index in [2.05, 4.69) is 69.2 Å². The van der Waals surface area contributed by atoms with E-state index in [0.717, 1.165) is 60.7 Å². The lowest BCUT2D eigenvalue weighted by Gasteiger charge is -2.36. The zero-order valence-electron chi connectivity index (χ0n) is 21.5. The van der Waals surface area contributed by atoms with Gasteiger partial charge in [0.15, 0.2) is 0 Å². The standard InChI is InChI=1S/C30H37N3O2S/c1-35-27-11-5-23(6-12-27)29-15-9-26(33(29)25-7-13-28(36-2)14-8-25)10-16-30(34)32-21-17-24(18-22-32)31-19-3-4-20-31/h5-9,11-15,24H,3-4,10,16-22H2,1-2H3. The number of rotatable bonds is 8. The maximum Gasteiger partial charge on any atom is 0.222 e. The Morgan fingerprint density at radius 1 is 0.917 bits per heavy atom. The van der Waals surface area contributed by atoms with E-state index in [1.54, 1.807) is 18.9 Å². The number of amides is 1. The van der Waals surface area contributed by atoms with Crippen molar-refractivity contribution in [3.05, 3.63) is 66.4 Å². The molecule has 0 N–H and O–H groups in total. The quantitative estimate of drug-likeness (QED) is 0.359. The van der Waals surface area contributed by atoms with Crippen LogP contribution in [-0.4, -0.2) is 65.9 Å². The Morgan fingerprint density at radius 3 is 2.25 bits per heavy atom. The zero-order valence-corrected chi connectivity index (χ0v) is 22.3. The SMILES string of the molecule is COc1ccc(-c2ccc(CCC(=O)N3CCC(N4CCCC4)CC3)n2-c2ccc(SC)cc2)cc1. The highest BCUT2D eigenvalue weighted by molar-refractivity contribution is 7.98. The summed E-state index contributed by atoms with van der Waals surface area (Å²) in [5.41, 5.74) is 4.55. The molecule has 0 unspecified atom stereocenters. The van der Waals surface area contributed by atoms with Crippen molar-refractivity contribution in [3.8, 4) is 22.7 Å². The van der Waals surface area contributed by atoms with Gasteiger partial charge in [0.2, 0.25) is 5.91 Å². The van der Waals surface area contributed by atoms with Crippen LogP contribution in [0.2, 0.25) is 0 Å². The third-order valence-electron chi connectivity index (χ3n) is 7.75. The van der Waals surface area contributed by atoms with Crippen LogP contribution in [0.5, 0.6) is 5.75 Å². The third-order valence-corrected chi connectivity index (χ3v) is 8.49. The van der Waals surface area contributed by atoms with Crippen molar-refractivity contribution in [2.45, 2.75) is 49.5 Å². The van der Waals surface area contributed by atoms with Gasteiger partial charge in [0.25, 0.3) is 0 Å². The Hall–Kier alpha value is -2.70. The molecule has 36 heavy (non-hydrogen) atoms. The van der Waals surface area contributed by atoms with Crippen molar-refractivity contribution >= 4 is 17.7 Å². The minimum atomic E-state index is 0.284. The molecule has 0 spiro atoms. The van der Waals surface area contributed by atoms with Gasteiger partial charge >= 0.3 is 0 Å². The molecular formula is C30H37N3O2S. The molecule has 1 amide bonds. The predicted octanol–water partition coefficient (Wildman–Crippen LogP) is 5.89. The van der Waals surface area contributed by atoms with E-state index < -0.39 is 0 Å². The first-order chi connectivity index (χ1) is 17.7. The number of piperidine rings is 1. The van der Waals surface area contributed by atoms with Crippen LogP contribution in [0.15, 0.2) is 65.6 Å².